The van der Waals surface area contributed by atoms with Crippen molar-refractivity contribution in [3.05, 3.63) is 41.2 Å². The van der Waals surface area contributed by atoms with Crippen LogP contribution in [0.2, 0.25) is 0 Å². The Balaban J connectivity index is 1.41. The van der Waals surface area contributed by atoms with Gasteiger partial charge in [0.25, 0.3) is 5.91 Å². The number of aliphatic hydroxyl groups is 2. The van der Waals surface area contributed by atoms with E-state index in [1.807, 2.05) is 24.3 Å². The number of rotatable bonds is 6. The second kappa shape index (κ2) is 7.92. The van der Waals surface area contributed by atoms with Crippen LogP contribution in [0.3, 0.4) is 0 Å². The van der Waals surface area contributed by atoms with E-state index in [0.717, 1.165) is 10.2 Å². The topological polar surface area (TPSA) is 122 Å². The molecule has 28 heavy (non-hydrogen) atoms. The number of amides is 1. The van der Waals surface area contributed by atoms with E-state index in [1.165, 1.54) is 11.3 Å². The predicted octanol–water partition coefficient (Wildman–Crippen LogP) is 0.574. The number of ether oxygens (including phenoxy) is 1. The SMILES string of the molecule is COCc1cn(C[C@H]2C[C@@H](NC(=O)c3nc4ccccc4s3)[C@H](O)[C@@H]2O)nn1. The lowest BCUT2D eigenvalue weighted by atomic mass is 10.1. The molecule has 0 unspecified atom stereocenters. The van der Waals surface area contributed by atoms with E-state index in [9.17, 15) is 15.0 Å². The third-order valence-corrected chi connectivity index (χ3v) is 5.94. The normalized spacial score (nSPS) is 24.7. The van der Waals surface area contributed by atoms with Gasteiger partial charge in [-0.2, -0.15) is 0 Å². The van der Waals surface area contributed by atoms with Gasteiger partial charge in [-0.05, 0) is 18.6 Å². The number of carbonyl (C=O) groups is 1. The average molecular weight is 403 g/mol. The summed E-state index contributed by atoms with van der Waals surface area (Å²) in [5.41, 5.74) is 1.46. The van der Waals surface area contributed by atoms with Crippen molar-refractivity contribution in [1.29, 1.82) is 0 Å². The van der Waals surface area contributed by atoms with Gasteiger partial charge in [0.1, 0.15) is 11.8 Å². The standard InChI is InChI=1S/C18H21N5O4S/c1-27-9-11-8-23(22-21-11)7-10-6-13(16(25)15(10)24)19-17(26)18-20-12-4-2-3-5-14(12)28-18/h2-5,8,10,13,15-16,24-25H,6-7,9H2,1H3,(H,19,26)/t10-,13-,15-,16+/m1/s1. The van der Waals surface area contributed by atoms with E-state index in [2.05, 4.69) is 20.6 Å². The Bertz CT molecular complexity index is 941. The number of aromatic nitrogens is 4. The van der Waals surface area contributed by atoms with Gasteiger partial charge in [-0.1, -0.05) is 17.3 Å². The van der Waals surface area contributed by atoms with Crippen molar-refractivity contribution in [2.45, 2.75) is 37.8 Å². The molecule has 148 valence electrons. The first kappa shape index (κ1) is 18.9. The average Bonchev–Trinajstić information content (AvgIpc) is 3.37. The van der Waals surface area contributed by atoms with Crippen LogP contribution in [0, 0.1) is 5.92 Å². The number of nitrogens with zero attached hydrogens (tertiary/aromatic N) is 4. The lowest BCUT2D eigenvalue weighted by Crippen LogP contribution is -2.43. The Morgan fingerprint density at radius 1 is 1.36 bits per heavy atom. The van der Waals surface area contributed by atoms with Gasteiger partial charge >= 0.3 is 0 Å². The maximum atomic E-state index is 12.6. The van der Waals surface area contributed by atoms with E-state index >= 15 is 0 Å². The third-order valence-electron chi connectivity index (χ3n) is 4.91. The number of aliphatic hydroxyl groups excluding tert-OH is 2. The summed E-state index contributed by atoms with van der Waals surface area (Å²) in [6.45, 7) is 0.749. The second-order valence-corrected chi connectivity index (χ2v) is 7.94. The first-order valence-electron chi connectivity index (χ1n) is 8.95. The number of para-hydroxylation sites is 1. The van der Waals surface area contributed by atoms with Crippen LogP contribution in [0.15, 0.2) is 30.5 Å². The molecule has 1 aliphatic rings. The van der Waals surface area contributed by atoms with Crippen molar-refractivity contribution in [1.82, 2.24) is 25.3 Å². The molecule has 0 bridgehead atoms. The fourth-order valence-corrected chi connectivity index (χ4v) is 4.40. The summed E-state index contributed by atoms with van der Waals surface area (Å²) in [7, 11) is 1.58. The minimum Gasteiger partial charge on any atom is -0.390 e. The third kappa shape index (κ3) is 3.76. The maximum Gasteiger partial charge on any atom is 0.280 e. The minimum absolute atomic E-state index is 0.257. The van der Waals surface area contributed by atoms with E-state index in [0.29, 0.717) is 30.3 Å². The van der Waals surface area contributed by atoms with Crippen LogP contribution in [0.25, 0.3) is 10.2 Å². The number of nitrogens with one attached hydrogen (secondary N) is 1. The Hall–Kier alpha value is -2.40. The van der Waals surface area contributed by atoms with E-state index in [4.69, 9.17) is 4.74 Å². The number of hydrogen-bond acceptors (Lipinski definition) is 8. The van der Waals surface area contributed by atoms with Crippen LogP contribution in [-0.2, 0) is 17.9 Å². The number of hydrogen-bond donors (Lipinski definition) is 3. The zero-order valence-corrected chi connectivity index (χ0v) is 16.0. The van der Waals surface area contributed by atoms with Crippen molar-refractivity contribution >= 4 is 27.5 Å². The van der Waals surface area contributed by atoms with Crippen LogP contribution < -0.4 is 5.32 Å². The smallest absolute Gasteiger partial charge is 0.280 e. The van der Waals surface area contributed by atoms with Gasteiger partial charge in [0.05, 0.1) is 35.2 Å². The van der Waals surface area contributed by atoms with Gasteiger partial charge in [-0.3, -0.25) is 9.48 Å². The van der Waals surface area contributed by atoms with Gasteiger partial charge in [0.15, 0.2) is 5.01 Å². The minimum atomic E-state index is -1.05. The fraction of sp³-hybridized carbons (Fsp3) is 0.444. The van der Waals surface area contributed by atoms with Crippen molar-refractivity contribution in [3.8, 4) is 0 Å². The Morgan fingerprint density at radius 3 is 2.96 bits per heavy atom. The van der Waals surface area contributed by atoms with Gasteiger partial charge in [-0.25, -0.2) is 4.98 Å². The molecule has 2 heterocycles. The molecule has 3 aromatic rings. The largest absolute Gasteiger partial charge is 0.390 e. The lowest BCUT2D eigenvalue weighted by Gasteiger charge is -2.17. The zero-order chi connectivity index (χ0) is 19.7. The van der Waals surface area contributed by atoms with Crippen LogP contribution in [0.4, 0.5) is 0 Å². The molecule has 0 saturated heterocycles. The van der Waals surface area contributed by atoms with E-state index in [-0.39, 0.29) is 11.8 Å². The Kier molecular flexibility index (Phi) is 5.36. The Morgan fingerprint density at radius 2 is 2.18 bits per heavy atom. The van der Waals surface area contributed by atoms with E-state index < -0.39 is 18.2 Å². The predicted molar refractivity (Wildman–Crippen MR) is 102 cm³/mol. The maximum absolute atomic E-state index is 12.6. The summed E-state index contributed by atoms with van der Waals surface area (Å²) >= 11 is 1.30. The molecule has 0 aliphatic heterocycles. The number of fused-ring (bicyclic) bond motifs is 1. The molecule has 1 amide bonds. The monoisotopic (exact) mass is 403 g/mol. The number of benzene rings is 1. The van der Waals surface area contributed by atoms with Crippen molar-refractivity contribution < 1.29 is 19.7 Å². The molecule has 4 rings (SSSR count). The van der Waals surface area contributed by atoms with Crippen LogP contribution in [0.5, 0.6) is 0 Å². The number of methoxy groups -OCH3 is 1. The molecule has 1 fully saturated rings. The highest BCUT2D eigenvalue weighted by molar-refractivity contribution is 7.20. The fourth-order valence-electron chi connectivity index (χ4n) is 3.53. The molecular weight excluding hydrogens is 382 g/mol. The summed E-state index contributed by atoms with van der Waals surface area (Å²) in [4.78, 5) is 16.9. The highest BCUT2D eigenvalue weighted by atomic mass is 32.1. The number of thiazole rings is 1. The summed E-state index contributed by atoms with van der Waals surface area (Å²) in [6, 6.07) is 6.97. The van der Waals surface area contributed by atoms with Crippen molar-refractivity contribution in [2.24, 2.45) is 5.92 Å². The zero-order valence-electron chi connectivity index (χ0n) is 15.2. The van der Waals surface area contributed by atoms with Crippen LogP contribution >= 0.6 is 11.3 Å². The molecule has 1 aliphatic carbocycles. The molecule has 3 N–H and O–H groups in total. The summed E-state index contributed by atoms with van der Waals surface area (Å²) < 4.78 is 7.56. The second-order valence-electron chi connectivity index (χ2n) is 6.91. The molecular formula is C18H21N5O4S. The quantitative estimate of drug-likeness (QED) is 0.550. The molecule has 10 heteroatoms. The number of carbonyl (C=O) groups excluding carboxylic acids is 1. The molecule has 4 atom stereocenters. The molecule has 1 saturated carbocycles. The molecule has 9 nitrogen and oxygen atoms in total. The van der Waals surface area contributed by atoms with Gasteiger partial charge in [0.2, 0.25) is 0 Å². The highest BCUT2D eigenvalue weighted by Gasteiger charge is 2.42. The summed E-state index contributed by atoms with van der Waals surface area (Å²) in [5.74, 6) is -0.603. The van der Waals surface area contributed by atoms with Crippen LogP contribution in [0.1, 0.15) is 21.9 Å². The van der Waals surface area contributed by atoms with Crippen LogP contribution in [-0.4, -0.2) is 61.5 Å². The van der Waals surface area contributed by atoms with E-state index in [1.54, 1.807) is 18.0 Å². The molecule has 1 aromatic carbocycles. The van der Waals surface area contributed by atoms with Gasteiger partial charge < -0.3 is 20.3 Å². The molecule has 0 spiro atoms. The lowest BCUT2D eigenvalue weighted by molar-refractivity contribution is 0.00761. The first-order valence-corrected chi connectivity index (χ1v) is 9.77. The summed E-state index contributed by atoms with van der Waals surface area (Å²) in [5, 5.41) is 31.9. The van der Waals surface area contributed by atoms with Gasteiger partial charge in [0, 0.05) is 19.6 Å². The first-order chi connectivity index (χ1) is 13.5. The van der Waals surface area contributed by atoms with Crippen molar-refractivity contribution in [3.63, 3.8) is 0 Å². The molecule has 0 radical (unpaired) electrons. The van der Waals surface area contributed by atoms with Crippen molar-refractivity contribution in [2.75, 3.05) is 7.11 Å². The highest BCUT2D eigenvalue weighted by Crippen LogP contribution is 2.29. The van der Waals surface area contributed by atoms with Gasteiger partial charge in [-0.15, -0.1) is 16.4 Å². The Labute approximate surface area is 165 Å². The molecule has 2 aromatic heterocycles. The summed E-state index contributed by atoms with van der Waals surface area (Å²) in [6.07, 6.45) is 0.162.